The molecular weight excluding hydrogens is 1360 g/mol. The highest BCUT2D eigenvalue weighted by Crippen LogP contribution is 2.45. The quantitative estimate of drug-likeness (QED) is 0.133. The van der Waals surface area contributed by atoms with Gasteiger partial charge in [0.05, 0.1) is 22.1 Å². The van der Waals surface area contributed by atoms with E-state index in [-0.39, 0.29) is 10.8 Å². The number of fused-ring (bicyclic) bond motifs is 12. The second kappa shape index (κ2) is 26.5. The topological polar surface area (TPSA) is 113 Å². The van der Waals surface area contributed by atoms with Crippen LogP contribution in [0, 0.1) is 0 Å². The Balaban J connectivity index is 0.000000147. The maximum atomic E-state index is 5.30. The van der Waals surface area contributed by atoms with Gasteiger partial charge in [0.1, 0.15) is 17.3 Å². The predicted molar refractivity (Wildman–Crippen MR) is 451 cm³/mol. The molecule has 0 spiro atoms. The van der Waals surface area contributed by atoms with Crippen LogP contribution in [-0.4, -0.2) is 49.0 Å². The summed E-state index contributed by atoms with van der Waals surface area (Å²) in [5.74, 6) is 5.21. The summed E-state index contributed by atoms with van der Waals surface area (Å²) in [5, 5.41) is 9.90. The van der Waals surface area contributed by atoms with E-state index in [4.69, 9.17) is 39.9 Å². The third-order valence-corrected chi connectivity index (χ3v) is 23.0. The van der Waals surface area contributed by atoms with Crippen LogP contribution in [0.3, 0.4) is 0 Å². The smallest absolute Gasteiger partial charge is 0.182 e. The van der Waals surface area contributed by atoms with Crippen LogP contribution in [0.4, 0.5) is 0 Å². The Kier molecular flexibility index (Phi) is 16.2. The first-order chi connectivity index (χ1) is 52.8. The molecule has 0 aliphatic carbocycles. The molecule has 0 unspecified atom stereocenters. The van der Waals surface area contributed by atoms with Crippen molar-refractivity contribution in [3.63, 3.8) is 0 Å². The second-order valence-electron chi connectivity index (χ2n) is 29.5. The molecule has 0 N–H and O–H groups in total. The molecule has 516 valence electrons. The molecule has 12 heteroatoms. The summed E-state index contributed by atoms with van der Waals surface area (Å²) >= 11 is 3.71. The summed E-state index contributed by atoms with van der Waals surface area (Å²) in [7, 11) is 0. The normalized spacial score (nSPS) is 12.0. The Bertz CT molecular complexity index is 6460. The van der Waals surface area contributed by atoms with Gasteiger partial charge in [-0.15, -0.1) is 22.7 Å². The van der Waals surface area contributed by atoms with Crippen molar-refractivity contribution in [2.75, 3.05) is 0 Å². The van der Waals surface area contributed by atoms with Gasteiger partial charge in [-0.25, -0.2) is 39.9 Å². The Morgan fingerprint density at radius 3 is 1.09 bits per heavy atom. The van der Waals surface area contributed by atoms with Crippen LogP contribution < -0.4 is 0 Å². The van der Waals surface area contributed by atoms with E-state index in [1.807, 2.05) is 108 Å². The van der Waals surface area contributed by atoms with Gasteiger partial charge in [-0.1, -0.05) is 290 Å². The van der Waals surface area contributed by atoms with Crippen LogP contribution in [-0.2, 0) is 10.8 Å². The van der Waals surface area contributed by atoms with Gasteiger partial charge in [-0.3, -0.25) is 9.13 Å². The van der Waals surface area contributed by atoms with Crippen LogP contribution in [0.5, 0.6) is 0 Å². The van der Waals surface area contributed by atoms with Crippen molar-refractivity contribution in [3.05, 3.63) is 327 Å². The number of aromatic nitrogens is 10. The molecular formula is C96H70N10S2. The summed E-state index contributed by atoms with van der Waals surface area (Å²) in [5.41, 5.74) is 17.1. The number of hydrogen-bond acceptors (Lipinski definition) is 10. The summed E-state index contributed by atoms with van der Waals surface area (Å²) in [4.78, 5) is 40.4. The second-order valence-corrected chi connectivity index (χ2v) is 31.6. The molecule has 8 aromatic heterocycles. The number of rotatable bonds is 10. The van der Waals surface area contributed by atoms with Crippen molar-refractivity contribution in [1.29, 1.82) is 0 Å². The van der Waals surface area contributed by atoms with E-state index in [0.29, 0.717) is 40.6 Å². The lowest BCUT2D eigenvalue weighted by atomic mass is 9.86. The van der Waals surface area contributed by atoms with E-state index >= 15 is 0 Å². The predicted octanol–water partition coefficient (Wildman–Crippen LogP) is 25.4. The molecule has 10 nitrogen and oxygen atoms in total. The first-order valence-corrected chi connectivity index (χ1v) is 38.1. The van der Waals surface area contributed by atoms with Crippen LogP contribution in [0.25, 0.3) is 186 Å². The Labute approximate surface area is 632 Å². The maximum absolute atomic E-state index is 5.30. The number of benzene rings is 12. The van der Waals surface area contributed by atoms with Crippen molar-refractivity contribution >= 4 is 107 Å². The third-order valence-electron chi connectivity index (χ3n) is 20.6. The molecule has 0 saturated carbocycles. The third kappa shape index (κ3) is 11.9. The van der Waals surface area contributed by atoms with Gasteiger partial charge in [-0.05, 0) is 105 Å². The molecule has 20 rings (SSSR count). The Hall–Kier alpha value is -13.0. The van der Waals surface area contributed by atoms with Crippen LogP contribution in [0.1, 0.15) is 52.7 Å². The van der Waals surface area contributed by atoms with Gasteiger partial charge >= 0.3 is 0 Å². The lowest BCUT2D eigenvalue weighted by Gasteiger charge is -2.19. The van der Waals surface area contributed by atoms with Gasteiger partial charge in [-0.2, -0.15) is 0 Å². The molecule has 0 fully saturated rings. The van der Waals surface area contributed by atoms with Gasteiger partial charge in [0.2, 0.25) is 0 Å². The summed E-state index contributed by atoms with van der Waals surface area (Å²) < 4.78 is 9.75. The Morgan fingerprint density at radius 1 is 0.250 bits per heavy atom. The zero-order valence-corrected chi connectivity index (χ0v) is 61.9. The van der Waals surface area contributed by atoms with Crippen LogP contribution in [0.2, 0.25) is 0 Å². The van der Waals surface area contributed by atoms with Crippen molar-refractivity contribution in [2.45, 2.75) is 52.4 Å². The maximum Gasteiger partial charge on any atom is 0.182 e. The monoisotopic (exact) mass is 1430 g/mol. The summed E-state index contributed by atoms with van der Waals surface area (Å²) in [6.07, 6.45) is 1.86. The van der Waals surface area contributed by atoms with Crippen molar-refractivity contribution < 1.29 is 0 Å². The average Bonchev–Trinajstić information content (AvgIpc) is 1.58. The van der Waals surface area contributed by atoms with E-state index in [1.54, 1.807) is 0 Å². The van der Waals surface area contributed by atoms with Crippen molar-refractivity contribution in [2.24, 2.45) is 0 Å². The highest BCUT2D eigenvalue weighted by molar-refractivity contribution is 7.26. The molecule has 0 bridgehead atoms. The number of para-hydroxylation sites is 2. The Morgan fingerprint density at radius 2 is 0.620 bits per heavy atom. The summed E-state index contributed by atoms with van der Waals surface area (Å²) in [6, 6.07) is 109. The van der Waals surface area contributed by atoms with E-state index < -0.39 is 0 Å². The molecule has 0 aliphatic rings. The minimum Gasteiger partial charge on any atom is -0.294 e. The van der Waals surface area contributed by atoms with Crippen LogP contribution in [0.15, 0.2) is 316 Å². The zero-order valence-electron chi connectivity index (χ0n) is 60.3. The van der Waals surface area contributed by atoms with Gasteiger partial charge in [0.25, 0.3) is 0 Å². The largest absolute Gasteiger partial charge is 0.294 e. The molecule has 0 aliphatic heterocycles. The molecule has 8 heterocycles. The van der Waals surface area contributed by atoms with Crippen molar-refractivity contribution in [3.8, 4) is 102 Å². The van der Waals surface area contributed by atoms with E-state index in [9.17, 15) is 0 Å². The zero-order chi connectivity index (χ0) is 72.8. The van der Waals surface area contributed by atoms with E-state index in [2.05, 4.69) is 281 Å². The van der Waals surface area contributed by atoms with Crippen molar-refractivity contribution in [1.82, 2.24) is 49.0 Å². The SMILES string of the molecule is CC(C)(C)c1ccc(-c2nc(-c3ccccc3)nc(-c3cccc(-n4c5ccccc5c5ccc(-c6cccc7c6sc6ccccc67)cc54)n3)n2)cc1.CC(C)(C)c1ccc(-c2nc(-c3ccccc3)nc(-c3ccnc(-n4c5ccccc5c5ccc(-c6cccc7c6sc6ccccc67)cc54)c3)n2)cc1. The number of hydrogen-bond donors (Lipinski definition) is 0. The first kappa shape index (κ1) is 65.7. The molecule has 20 aromatic rings. The fourth-order valence-electron chi connectivity index (χ4n) is 15.0. The highest BCUT2D eigenvalue weighted by atomic mass is 32.1. The van der Waals surface area contributed by atoms with Gasteiger partial charge in [0, 0.05) is 95.9 Å². The number of nitrogens with zero attached hydrogens (tertiary/aromatic N) is 10. The molecule has 0 saturated heterocycles. The number of pyridine rings is 2. The minimum atomic E-state index is 0.0435. The molecule has 0 atom stereocenters. The van der Waals surface area contributed by atoms with E-state index in [1.165, 1.54) is 95.3 Å². The van der Waals surface area contributed by atoms with Gasteiger partial charge in [0.15, 0.2) is 34.9 Å². The van der Waals surface area contributed by atoms with E-state index in [0.717, 1.165) is 61.5 Å². The lowest BCUT2D eigenvalue weighted by molar-refractivity contribution is 0.590. The number of thiophene rings is 2. The molecule has 0 radical (unpaired) electrons. The first-order valence-electron chi connectivity index (χ1n) is 36.5. The molecule has 12 aromatic carbocycles. The molecule has 108 heavy (non-hydrogen) atoms. The fraction of sp³-hybridized carbons (Fsp3) is 0.0833. The van der Waals surface area contributed by atoms with Crippen LogP contribution >= 0.6 is 22.7 Å². The summed E-state index contributed by atoms with van der Waals surface area (Å²) in [6.45, 7) is 13.3. The fourth-order valence-corrected chi connectivity index (χ4v) is 17.5. The van der Waals surface area contributed by atoms with Gasteiger partial charge < -0.3 is 0 Å². The minimum absolute atomic E-state index is 0.0435. The standard InChI is InChI=1S/2C48H35N5S/c1-48(2,3)33-26-23-31(24-27-33)46-50-45(30-13-5-4-6-14-30)51-47(52-46)39-19-12-22-43(49-39)53-40-20-9-7-15-35(40)36-28-25-32(29-41(36)53)34-17-11-18-38-37-16-8-10-21-42(37)54-44(34)38;1-48(2,3)34-23-20-31(21-24-34)46-50-45(30-12-5-4-6-13-30)51-47(52-46)33-26-27-49-43(29-33)53-40-18-9-7-14-36(40)37-25-22-32(28-41(37)53)35-16-11-17-39-38-15-8-10-19-42(38)54-44(35)39/h2*4-29H,1-3H3. The molecule has 0 amide bonds. The lowest BCUT2D eigenvalue weighted by Crippen LogP contribution is -2.10. The average molecular weight is 1430 g/mol. The highest BCUT2D eigenvalue weighted by Gasteiger charge is 2.24.